The van der Waals surface area contributed by atoms with Gasteiger partial charge in [-0.3, -0.25) is 14.6 Å². The molecule has 1 aromatic heterocycles. The average Bonchev–Trinajstić information content (AvgIpc) is 2.65. The number of benzene rings is 1. The number of rotatable bonds is 7. The van der Waals surface area contributed by atoms with E-state index in [0.717, 1.165) is 18.4 Å². The lowest BCUT2D eigenvalue weighted by molar-refractivity contribution is 0.0784. The summed E-state index contributed by atoms with van der Waals surface area (Å²) in [7, 11) is 3.52. The van der Waals surface area contributed by atoms with Crippen LogP contribution in [0.15, 0.2) is 48.8 Å². The van der Waals surface area contributed by atoms with E-state index in [1.54, 1.807) is 30.0 Å². The first-order valence-corrected chi connectivity index (χ1v) is 8.52. The summed E-state index contributed by atoms with van der Waals surface area (Å²) < 4.78 is 0. The van der Waals surface area contributed by atoms with Gasteiger partial charge in [-0.2, -0.15) is 0 Å². The fraction of sp³-hybridized carbons (Fsp3) is 0.350. The molecule has 0 bridgehead atoms. The highest BCUT2D eigenvalue weighted by Crippen LogP contribution is 2.11. The van der Waals surface area contributed by atoms with Crippen LogP contribution in [-0.2, 0) is 6.54 Å². The third-order valence-corrected chi connectivity index (χ3v) is 4.04. The van der Waals surface area contributed by atoms with Crippen LogP contribution in [0.25, 0.3) is 0 Å². The molecule has 0 unspecified atom stereocenters. The van der Waals surface area contributed by atoms with Crippen LogP contribution in [0.4, 0.5) is 0 Å². The first kappa shape index (κ1) is 18.6. The minimum absolute atomic E-state index is 0.110. The molecular weight excluding hydrogens is 314 g/mol. The van der Waals surface area contributed by atoms with Crippen molar-refractivity contribution in [3.05, 3.63) is 65.5 Å². The van der Waals surface area contributed by atoms with E-state index in [1.165, 1.54) is 12.4 Å². The van der Waals surface area contributed by atoms with E-state index >= 15 is 0 Å². The number of carbonyl (C=O) groups is 2. The summed E-state index contributed by atoms with van der Waals surface area (Å²) in [6.07, 6.45) is 5.00. The summed E-state index contributed by atoms with van der Waals surface area (Å²) in [5.41, 5.74) is 1.92. The Balaban J connectivity index is 2.09. The van der Waals surface area contributed by atoms with Crippen molar-refractivity contribution in [2.24, 2.45) is 0 Å². The largest absolute Gasteiger partial charge is 0.342 e. The summed E-state index contributed by atoms with van der Waals surface area (Å²) in [5.74, 6) is -0.261. The second-order valence-electron chi connectivity index (χ2n) is 6.19. The Hall–Kier alpha value is -2.69. The van der Waals surface area contributed by atoms with Gasteiger partial charge in [0, 0.05) is 39.6 Å². The van der Waals surface area contributed by atoms with Crippen LogP contribution >= 0.6 is 0 Å². The lowest BCUT2D eigenvalue weighted by Gasteiger charge is -2.19. The third-order valence-electron chi connectivity index (χ3n) is 4.04. The van der Waals surface area contributed by atoms with Gasteiger partial charge in [-0.15, -0.1) is 0 Å². The molecule has 132 valence electrons. The normalized spacial score (nSPS) is 10.4. The maximum atomic E-state index is 12.6. The van der Waals surface area contributed by atoms with E-state index in [4.69, 9.17) is 0 Å². The molecule has 1 aromatic carbocycles. The second kappa shape index (κ2) is 8.97. The quantitative estimate of drug-likeness (QED) is 0.778. The first-order valence-electron chi connectivity index (χ1n) is 8.52. The first-order chi connectivity index (χ1) is 12.0. The summed E-state index contributed by atoms with van der Waals surface area (Å²) in [6, 6.07) is 11.4. The molecule has 2 amide bonds. The molecule has 25 heavy (non-hydrogen) atoms. The van der Waals surface area contributed by atoms with Crippen molar-refractivity contribution < 1.29 is 9.59 Å². The van der Waals surface area contributed by atoms with Gasteiger partial charge >= 0.3 is 0 Å². The summed E-state index contributed by atoms with van der Waals surface area (Å²) in [6.45, 7) is 3.29. The zero-order chi connectivity index (χ0) is 18.2. The van der Waals surface area contributed by atoms with Crippen molar-refractivity contribution in [3.8, 4) is 0 Å². The highest BCUT2D eigenvalue weighted by atomic mass is 16.2. The number of hydrogen-bond donors (Lipinski definition) is 0. The van der Waals surface area contributed by atoms with Crippen molar-refractivity contribution in [3.63, 3.8) is 0 Å². The molecule has 5 nitrogen and oxygen atoms in total. The molecule has 1 heterocycles. The van der Waals surface area contributed by atoms with Gasteiger partial charge in [0.25, 0.3) is 11.8 Å². The molecule has 0 N–H and O–H groups in total. The zero-order valence-corrected chi connectivity index (χ0v) is 15.1. The SMILES string of the molecule is CCCCN(C)C(=O)c1cncc(C(=O)N(C)Cc2ccccc2)c1. The molecule has 0 saturated heterocycles. The number of nitrogens with zero attached hydrogens (tertiary/aromatic N) is 3. The van der Waals surface area contributed by atoms with Crippen LogP contribution in [0.2, 0.25) is 0 Å². The van der Waals surface area contributed by atoms with Crippen LogP contribution in [0.1, 0.15) is 46.0 Å². The molecule has 0 aliphatic carbocycles. The van der Waals surface area contributed by atoms with E-state index in [0.29, 0.717) is 24.2 Å². The number of carbonyl (C=O) groups excluding carboxylic acids is 2. The van der Waals surface area contributed by atoms with Crippen molar-refractivity contribution in [2.45, 2.75) is 26.3 Å². The van der Waals surface area contributed by atoms with Crippen molar-refractivity contribution in [2.75, 3.05) is 20.6 Å². The predicted octanol–water partition coefficient (Wildman–Crippen LogP) is 3.23. The van der Waals surface area contributed by atoms with E-state index in [2.05, 4.69) is 11.9 Å². The van der Waals surface area contributed by atoms with Crippen LogP contribution in [-0.4, -0.2) is 47.2 Å². The fourth-order valence-corrected chi connectivity index (χ4v) is 2.54. The molecule has 0 radical (unpaired) electrons. The van der Waals surface area contributed by atoms with Gasteiger partial charge in [0.1, 0.15) is 0 Å². The maximum Gasteiger partial charge on any atom is 0.255 e. The maximum absolute atomic E-state index is 12.6. The lowest BCUT2D eigenvalue weighted by atomic mass is 10.1. The van der Waals surface area contributed by atoms with Crippen LogP contribution in [0.3, 0.4) is 0 Å². The Morgan fingerprint density at radius 1 is 0.960 bits per heavy atom. The summed E-state index contributed by atoms with van der Waals surface area (Å²) >= 11 is 0. The van der Waals surface area contributed by atoms with Gasteiger partial charge in [0.15, 0.2) is 0 Å². The highest BCUT2D eigenvalue weighted by Gasteiger charge is 2.17. The highest BCUT2D eigenvalue weighted by molar-refractivity contribution is 5.99. The Bertz CT molecular complexity index is 716. The van der Waals surface area contributed by atoms with E-state index in [1.807, 2.05) is 30.3 Å². The Morgan fingerprint density at radius 2 is 1.56 bits per heavy atom. The molecule has 2 rings (SSSR count). The summed E-state index contributed by atoms with van der Waals surface area (Å²) in [4.78, 5) is 32.5. The molecule has 5 heteroatoms. The summed E-state index contributed by atoms with van der Waals surface area (Å²) in [5, 5.41) is 0. The van der Waals surface area contributed by atoms with Gasteiger partial charge in [-0.25, -0.2) is 0 Å². The number of unbranched alkanes of at least 4 members (excludes halogenated alkanes) is 1. The van der Waals surface area contributed by atoms with Gasteiger partial charge in [-0.1, -0.05) is 43.7 Å². The molecule has 0 saturated carbocycles. The molecule has 0 spiro atoms. The minimum Gasteiger partial charge on any atom is -0.342 e. The second-order valence-corrected chi connectivity index (χ2v) is 6.19. The van der Waals surface area contributed by atoms with Gasteiger partial charge < -0.3 is 9.80 Å². The zero-order valence-electron chi connectivity index (χ0n) is 15.1. The van der Waals surface area contributed by atoms with Crippen LogP contribution in [0.5, 0.6) is 0 Å². The topological polar surface area (TPSA) is 53.5 Å². The van der Waals surface area contributed by atoms with Gasteiger partial charge in [0.05, 0.1) is 11.1 Å². The third kappa shape index (κ3) is 5.14. The molecule has 0 atom stereocenters. The van der Waals surface area contributed by atoms with Crippen molar-refractivity contribution in [1.82, 2.24) is 14.8 Å². The Morgan fingerprint density at radius 3 is 2.16 bits per heavy atom. The van der Waals surface area contributed by atoms with Crippen LogP contribution < -0.4 is 0 Å². The molecule has 0 fully saturated rings. The molecule has 0 aliphatic rings. The standard InChI is InChI=1S/C20H25N3O2/c1-4-5-11-22(2)19(24)17-12-18(14-21-13-17)20(25)23(3)15-16-9-7-6-8-10-16/h6-10,12-14H,4-5,11,15H2,1-3H3. The number of amides is 2. The molecular formula is C20H25N3O2. The molecule has 0 aliphatic heterocycles. The minimum atomic E-state index is -0.151. The lowest BCUT2D eigenvalue weighted by Crippen LogP contribution is -2.29. The Labute approximate surface area is 149 Å². The van der Waals surface area contributed by atoms with Crippen molar-refractivity contribution >= 4 is 11.8 Å². The van der Waals surface area contributed by atoms with Crippen LogP contribution in [0, 0.1) is 0 Å². The fourth-order valence-electron chi connectivity index (χ4n) is 2.54. The average molecular weight is 339 g/mol. The van der Waals surface area contributed by atoms with Crippen molar-refractivity contribution in [1.29, 1.82) is 0 Å². The van der Waals surface area contributed by atoms with E-state index in [9.17, 15) is 9.59 Å². The number of aromatic nitrogens is 1. The Kier molecular flexibility index (Phi) is 6.69. The number of pyridine rings is 1. The predicted molar refractivity (Wildman–Crippen MR) is 98.3 cm³/mol. The monoisotopic (exact) mass is 339 g/mol. The van der Waals surface area contributed by atoms with E-state index in [-0.39, 0.29) is 11.8 Å². The van der Waals surface area contributed by atoms with Gasteiger partial charge in [0.2, 0.25) is 0 Å². The van der Waals surface area contributed by atoms with E-state index < -0.39 is 0 Å². The molecule has 2 aromatic rings. The number of hydrogen-bond acceptors (Lipinski definition) is 3. The van der Waals surface area contributed by atoms with Gasteiger partial charge in [-0.05, 0) is 18.1 Å². The smallest absolute Gasteiger partial charge is 0.255 e.